The highest BCUT2D eigenvalue weighted by molar-refractivity contribution is 5.44. The second kappa shape index (κ2) is 3.73. The Hall–Kier alpha value is -1.84. The average Bonchev–Trinajstić information content (AvgIpc) is 2.62. The lowest BCUT2D eigenvalue weighted by atomic mass is 10.1. The van der Waals surface area contributed by atoms with Gasteiger partial charge in [-0.3, -0.25) is 0 Å². The lowest BCUT2D eigenvalue weighted by molar-refractivity contribution is 0.758. The fourth-order valence-electron chi connectivity index (χ4n) is 1.46. The van der Waals surface area contributed by atoms with Crippen molar-refractivity contribution in [3.05, 3.63) is 36.3 Å². The molecule has 0 amide bonds. The highest BCUT2D eigenvalue weighted by Crippen LogP contribution is 2.20. The van der Waals surface area contributed by atoms with Gasteiger partial charge in [-0.1, -0.05) is 19.9 Å². The van der Waals surface area contributed by atoms with E-state index in [1.165, 1.54) is 0 Å². The number of hydrogen-bond donors (Lipinski definition) is 1. The molecular formula is C11H14N4. The number of nitrogens with two attached hydrogens (primary N) is 1. The van der Waals surface area contributed by atoms with Crippen LogP contribution >= 0.6 is 0 Å². The van der Waals surface area contributed by atoms with Crippen molar-refractivity contribution >= 4 is 5.69 Å². The summed E-state index contributed by atoms with van der Waals surface area (Å²) < 4.78 is 1.71. The molecule has 0 aliphatic heterocycles. The molecule has 0 unspecified atom stereocenters. The fourth-order valence-corrected chi connectivity index (χ4v) is 1.46. The maximum Gasteiger partial charge on any atom is 0.153 e. The minimum absolute atomic E-state index is 0.329. The third-order valence-corrected chi connectivity index (χ3v) is 2.20. The molecule has 2 heterocycles. The topological polar surface area (TPSA) is 56.7 Å². The molecule has 2 N–H and O–H groups in total. The van der Waals surface area contributed by atoms with Crippen LogP contribution in [-0.4, -0.2) is 14.8 Å². The largest absolute Gasteiger partial charge is 0.396 e. The molecule has 0 spiro atoms. The summed E-state index contributed by atoms with van der Waals surface area (Å²) in [6.07, 6.45) is 3.54. The third kappa shape index (κ3) is 1.83. The fraction of sp³-hybridized carbons (Fsp3) is 0.273. The molecule has 0 atom stereocenters. The van der Waals surface area contributed by atoms with Crippen LogP contribution < -0.4 is 5.73 Å². The van der Waals surface area contributed by atoms with Crippen LogP contribution in [0.1, 0.15) is 25.5 Å². The number of rotatable bonds is 2. The van der Waals surface area contributed by atoms with Crippen molar-refractivity contribution in [3.63, 3.8) is 0 Å². The zero-order chi connectivity index (χ0) is 10.8. The van der Waals surface area contributed by atoms with Crippen molar-refractivity contribution < 1.29 is 0 Å². The lowest BCUT2D eigenvalue weighted by Crippen LogP contribution is -1.99. The first-order valence-electron chi connectivity index (χ1n) is 4.95. The van der Waals surface area contributed by atoms with E-state index in [0.29, 0.717) is 5.92 Å². The van der Waals surface area contributed by atoms with Gasteiger partial charge in [-0.15, -0.1) is 0 Å². The standard InChI is InChI=1S/C11H14N4/c1-8(2)11-9(12)7-15(14-11)10-5-3-4-6-13-10/h3-8H,12H2,1-2H3. The molecule has 15 heavy (non-hydrogen) atoms. The van der Waals surface area contributed by atoms with Gasteiger partial charge in [0.2, 0.25) is 0 Å². The summed E-state index contributed by atoms with van der Waals surface area (Å²) in [6, 6.07) is 5.70. The predicted octanol–water partition coefficient (Wildman–Crippen LogP) is 1.97. The van der Waals surface area contributed by atoms with Gasteiger partial charge in [0.05, 0.1) is 17.6 Å². The Morgan fingerprint density at radius 2 is 2.13 bits per heavy atom. The van der Waals surface area contributed by atoms with Crippen molar-refractivity contribution in [2.45, 2.75) is 19.8 Å². The minimum atomic E-state index is 0.329. The molecule has 2 aromatic rings. The van der Waals surface area contributed by atoms with Gasteiger partial charge < -0.3 is 5.73 Å². The van der Waals surface area contributed by atoms with Crippen molar-refractivity contribution in [1.29, 1.82) is 0 Å². The number of nitrogen functional groups attached to an aromatic ring is 1. The maximum absolute atomic E-state index is 5.87. The Labute approximate surface area is 88.8 Å². The van der Waals surface area contributed by atoms with E-state index in [4.69, 9.17) is 5.73 Å². The Morgan fingerprint density at radius 3 is 2.67 bits per heavy atom. The minimum Gasteiger partial charge on any atom is -0.396 e. The molecule has 0 saturated carbocycles. The molecule has 0 aliphatic rings. The summed E-state index contributed by atoms with van der Waals surface area (Å²) in [7, 11) is 0. The van der Waals surface area contributed by atoms with E-state index < -0.39 is 0 Å². The zero-order valence-corrected chi connectivity index (χ0v) is 8.88. The van der Waals surface area contributed by atoms with Crippen LogP contribution in [0.15, 0.2) is 30.6 Å². The molecule has 0 bridgehead atoms. The number of pyridine rings is 1. The molecule has 0 saturated heterocycles. The molecule has 78 valence electrons. The molecule has 0 aliphatic carbocycles. The number of nitrogens with zero attached hydrogens (tertiary/aromatic N) is 3. The molecule has 2 aromatic heterocycles. The van der Waals surface area contributed by atoms with Crippen LogP contribution in [0, 0.1) is 0 Å². The van der Waals surface area contributed by atoms with Gasteiger partial charge in [-0.05, 0) is 18.1 Å². The van der Waals surface area contributed by atoms with Gasteiger partial charge in [0, 0.05) is 6.20 Å². The van der Waals surface area contributed by atoms with Crippen molar-refractivity contribution in [2.75, 3.05) is 5.73 Å². The van der Waals surface area contributed by atoms with Gasteiger partial charge in [0.25, 0.3) is 0 Å². The van der Waals surface area contributed by atoms with Gasteiger partial charge in [0.15, 0.2) is 5.82 Å². The first-order valence-corrected chi connectivity index (χ1v) is 4.95. The van der Waals surface area contributed by atoms with Gasteiger partial charge in [-0.2, -0.15) is 5.10 Å². The van der Waals surface area contributed by atoms with Crippen LogP contribution in [-0.2, 0) is 0 Å². The van der Waals surface area contributed by atoms with E-state index in [1.54, 1.807) is 17.1 Å². The van der Waals surface area contributed by atoms with E-state index in [2.05, 4.69) is 23.9 Å². The van der Waals surface area contributed by atoms with Crippen LogP contribution in [0.4, 0.5) is 5.69 Å². The highest BCUT2D eigenvalue weighted by Gasteiger charge is 2.10. The van der Waals surface area contributed by atoms with E-state index in [1.807, 2.05) is 18.2 Å². The highest BCUT2D eigenvalue weighted by atomic mass is 15.3. The van der Waals surface area contributed by atoms with E-state index in [9.17, 15) is 0 Å². The van der Waals surface area contributed by atoms with E-state index in [0.717, 1.165) is 17.2 Å². The molecular weight excluding hydrogens is 188 g/mol. The summed E-state index contributed by atoms with van der Waals surface area (Å²) in [4.78, 5) is 4.21. The maximum atomic E-state index is 5.87. The molecule has 2 rings (SSSR count). The summed E-state index contributed by atoms with van der Waals surface area (Å²) >= 11 is 0. The summed E-state index contributed by atoms with van der Waals surface area (Å²) in [5, 5.41) is 4.41. The van der Waals surface area contributed by atoms with E-state index >= 15 is 0 Å². The normalized spacial score (nSPS) is 10.9. The predicted molar refractivity (Wildman–Crippen MR) is 59.9 cm³/mol. The van der Waals surface area contributed by atoms with E-state index in [-0.39, 0.29) is 0 Å². The summed E-state index contributed by atoms with van der Waals surface area (Å²) in [6.45, 7) is 4.14. The van der Waals surface area contributed by atoms with Crippen LogP contribution in [0.3, 0.4) is 0 Å². The Balaban J connectivity index is 2.43. The second-order valence-electron chi connectivity index (χ2n) is 3.76. The van der Waals surface area contributed by atoms with Crippen LogP contribution in [0.5, 0.6) is 0 Å². The number of aromatic nitrogens is 3. The first kappa shape index (κ1) is 9.71. The quantitative estimate of drug-likeness (QED) is 0.810. The summed E-state index contributed by atoms with van der Waals surface area (Å²) in [5.41, 5.74) is 7.50. The molecule has 0 aromatic carbocycles. The zero-order valence-electron chi connectivity index (χ0n) is 8.88. The number of hydrogen-bond acceptors (Lipinski definition) is 3. The first-order chi connectivity index (χ1) is 7.18. The molecule has 4 nitrogen and oxygen atoms in total. The Kier molecular flexibility index (Phi) is 2.41. The monoisotopic (exact) mass is 202 g/mol. The Bertz CT molecular complexity index is 445. The average molecular weight is 202 g/mol. The molecule has 0 radical (unpaired) electrons. The number of anilines is 1. The Morgan fingerprint density at radius 1 is 1.33 bits per heavy atom. The van der Waals surface area contributed by atoms with Gasteiger partial charge >= 0.3 is 0 Å². The van der Waals surface area contributed by atoms with Gasteiger partial charge in [0.1, 0.15) is 0 Å². The second-order valence-corrected chi connectivity index (χ2v) is 3.76. The van der Waals surface area contributed by atoms with Crippen molar-refractivity contribution in [1.82, 2.24) is 14.8 Å². The van der Waals surface area contributed by atoms with Crippen LogP contribution in [0.25, 0.3) is 5.82 Å². The van der Waals surface area contributed by atoms with Crippen molar-refractivity contribution in [3.8, 4) is 5.82 Å². The molecule has 4 heteroatoms. The SMILES string of the molecule is CC(C)c1nn(-c2ccccn2)cc1N. The molecule has 0 fully saturated rings. The van der Waals surface area contributed by atoms with Crippen molar-refractivity contribution in [2.24, 2.45) is 0 Å². The summed E-state index contributed by atoms with van der Waals surface area (Å²) in [5.74, 6) is 1.12. The van der Waals surface area contributed by atoms with Gasteiger partial charge in [-0.25, -0.2) is 9.67 Å². The smallest absolute Gasteiger partial charge is 0.153 e. The third-order valence-electron chi connectivity index (χ3n) is 2.20. The lowest BCUT2D eigenvalue weighted by Gasteiger charge is -2.00. The van der Waals surface area contributed by atoms with Crippen LogP contribution in [0.2, 0.25) is 0 Å².